The van der Waals surface area contributed by atoms with Crippen LogP contribution in [0, 0.1) is 33.6 Å². The highest BCUT2D eigenvalue weighted by Crippen LogP contribution is 2.31. The maximum atomic E-state index is 13.5. The van der Waals surface area contributed by atoms with Crippen molar-refractivity contribution in [3.63, 3.8) is 0 Å². The number of hydrogen-bond acceptors (Lipinski definition) is 4. The Morgan fingerprint density at radius 3 is 1.97 bits per heavy atom. The summed E-state index contributed by atoms with van der Waals surface area (Å²) in [6.07, 6.45) is 3.00. The molecule has 2 aromatic rings. The maximum absolute atomic E-state index is 13.5. The monoisotopic (exact) mass is 483 g/mol. The van der Waals surface area contributed by atoms with Crippen LogP contribution in [0.1, 0.15) is 58.3 Å². The number of nitrogens with zero attached hydrogens (tertiary/aromatic N) is 1. The van der Waals surface area contributed by atoms with Crippen LogP contribution in [-0.2, 0) is 14.8 Å². The largest absolute Gasteiger partial charge is 0.349 e. The second kappa shape index (κ2) is 9.50. The fraction of sp³-hybridized carbons (Fsp3) is 0.462. The summed E-state index contributed by atoms with van der Waals surface area (Å²) >= 11 is 0. The second-order valence-corrected chi connectivity index (χ2v) is 11.5. The highest BCUT2D eigenvalue weighted by molar-refractivity contribution is 7.89. The van der Waals surface area contributed by atoms with Gasteiger partial charge in [0.15, 0.2) is 0 Å². The molecule has 0 atom stereocenters. The summed E-state index contributed by atoms with van der Waals surface area (Å²) in [5.41, 5.74) is 4.71. The molecule has 0 aromatic heterocycles. The number of sulfonamides is 1. The summed E-state index contributed by atoms with van der Waals surface area (Å²) in [7, 11) is -3.63. The molecule has 4 rings (SSSR count). The molecule has 8 heteroatoms. The fourth-order valence-electron chi connectivity index (χ4n) is 4.50. The van der Waals surface area contributed by atoms with Gasteiger partial charge in [0.1, 0.15) is 0 Å². The van der Waals surface area contributed by atoms with Crippen molar-refractivity contribution in [3.8, 4) is 0 Å². The lowest BCUT2D eigenvalue weighted by atomic mass is 9.97. The molecule has 1 saturated heterocycles. The summed E-state index contributed by atoms with van der Waals surface area (Å²) in [6, 6.07) is 9.18. The number of nitrogens with one attached hydrogen (secondary N) is 2. The molecule has 1 aliphatic heterocycles. The summed E-state index contributed by atoms with van der Waals surface area (Å²) in [5, 5.41) is 5.85. The van der Waals surface area contributed by atoms with Crippen molar-refractivity contribution in [1.29, 1.82) is 0 Å². The molecule has 2 fully saturated rings. The van der Waals surface area contributed by atoms with Gasteiger partial charge in [0.25, 0.3) is 5.91 Å². The molecule has 2 N–H and O–H groups in total. The first-order valence-corrected chi connectivity index (χ1v) is 13.3. The van der Waals surface area contributed by atoms with Crippen LogP contribution in [0.5, 0.6) is 0 Å². The lowest BCUT2D eigenvalue weighted by Crippen LogP contribution is -2.41. The van der Waals surface area contributed by atoms with Gasteiger partial charge in [-0.25, -0.2) is 8.42 Å². The smallest absolute Gasteiger partial charge is 0.251 e. The van der Waals surface area contributed by atoms with Gasteiger partial charge in [-0.05, 0) is 99.9 Å². The molecule has 0 bridgehead atoms. The molecule has 1 heterocycles. The molecule has 2 aliphatic rings. The van der Waals surface area contributed by atoms with Crippen molar-refractivity contribution in [1.82, 2.24) is 9.62 Å². The first-order chi connectivity index (χ1) is 16.1. The van der Waals surface area contributed by atoms with Crippen LogP contribution in [0.25, 0.3) is 0 Å². The number of rotatable bonds is 6. The Balaban J connectivity index is 1.37. The average Bonchev–Trinajstić information content (AvgIpc) is 3.62. The van der Waals surface area contributed by atoms with Gasteiger partial charge in [-0.15, -0.1) is 0 Å². The SMILES string of the molecule is Cc1cc(C)c(C)c(S(=O)(=O)N2CCC(C(=O)Nc3ccc(C(=O)NC4CC4)cc3)CC2)c1C. The topological polar surface area (TPSA) is 95.6 Å². The Morgan fingerprint density at radius 1 is 0.882 bits per heavy atom. The molecule has 2 amide bonds. The maximum Gasteiger partial charge on any atom is 0.251 e. The van der Waals surface area contributed by atoms with Gasteiger partial charge in [-0.2, -0.15) is 4.31 Å². The third kappa shape index (κ3) is 5.03. The van der Waals surface area contributed by atoms with E-state index in [1.54, 1.807) is 24.3 Å². The predicted octanol–water partition coefficient (Wildman–Crippen LogP) is 3.85. The van der Waals surface area contributed by atoms with Crippen molar-refractivity contribution in [3.05, 3.63) is 58.1 Å². The van der Waals surface area contributed by atoms with Gasteiger partial charge < -0.3 is 10.6 Å². The van der Waals surface area contributed by atoms with Gasteiger partial charge in [0.05, 0.1) is 4.90 Å². The zero-order valence-electron chi connectivity index (χ0n) is 20.3. The molecule has 34 heavy (non-hydrogen) atoms. The number of benzene rings is 2. The molecule has 0 radical (unpaired) electrons. The predicted molar refractivity (Wildman–Crippen MR) is 132 cm³/mol. The number of piperidine rings is 1. The number of carbonyl (C=O) groups excluding carboxylic acids is 2. The zero-order valence-corrected chi connectivity index (χ0v) is 21.1. The van der Waals surface area contributed by atoms with E-state index >= 15 is 0 Å². The van der Waals surface area contributed by atoms with E-state index < -0.39 is 10.0 Å². The first-order valence-electron chi connectivity index (χ1n) is 11.9. The minimum absolute atomic E-state index is 0.0942. The highest BCUT2D eigenvalue weighted by atomic mass is 32.2. The van der Waals surface area contributed by atoms with E-state index in [4.69, 9.17) is 0 Å². The third-order valence-corrected chi connectivity index (χ3v) is 9.22. The standard InChI is InChI=1S/C26H33N3O4S/c1-16-15-17(2)19(4)24(18(16)3)34(32,33)29-13-11-21(12-14-29)26(31)27-22-7-5-20(6-8-22)25(30)28-23-9-10-23/h5-8,15,21,23H,9-14H2,1-4H3,(H,27,31)(H,28,30). The van der Waals surface area contributed by atoms with Crippen LogP contribution in [0.15, 0.2) is 35.2 Å². The minimum Gasteiger partial charge on any atom is -0.349 e. The minimum atomic E-state index is -3.63. The first kappa shape index (κ1) is 24.4. The van der Waals surface area contributed by atoms with E-state index in [2.05, 4.69) is 10.6 Å². The molecule has 7 nitrogen and oxygen atoms in total. The number of amides is 2. The molecule has 0 unspecified atom stereocenters. The molecule has 0 spiro atoms. The molecule has 2 aromatic carbocycles. The van der Waals surface area contributed by atoms with E-state index in [-0.39, 0.29) is 17.7 Å². The number of carbonyl (C=O) groups is 2. The number of anilines is 1. The van der Waals surface area contributed by atoms with Crippen molar-refractivity contribution in [2.24, 2.45) is 5.92 Å². The van der Waals surface area contributed by atoms with Crippen LogP contribution in [0.2, 0.25) is 0 Å². The quantitative estimate of drug-likeness (QED) is 0.652. The van der Waals surface area contributed by atoms with E-state index in [9.17, 15) is 18.0 Å². The van der Waals surface area contributed by atoms with Gasteiger partial charge >= 0.3 is 0 Å². The van der Waals surface area contributed by atoms with Crippen LogP contribution >= 0.6 is 0 Å². The lowest BCUT2D eigenvalue weighted by Gasteiger charge is -2.31. The Labute approximate surface area is 202 Å². The van der Waals surface area contributed by atoms with Crippen LogP contribution in [-0.4, -0.2) is 43.7 Å². The Morgan fingerprint density at radius 2 is 1.44 bits per heavy atom. The van der Waals surface area contributed by atoms with Crippen LogP contribution in [0.3, 0.4) is 0 Å². The van der Waals surface area contributed by atoms with Gasteiger partial charge in [-0.1, -0.05) is 6.07 Å². The summed E-state index contributed by atoms with van der Waals surface area (Å²) in [6.45, 7) is 8.21. The summed E-state index contributed by atoms with van der Waals surface area (Å²) in [5.74, 6) is -0.472. The van der Waals surface area contributed by atoms with Crippen molar-refractivity contribution in [2.75, 3.05) is 18.4 Å². The molecular formula is C26H33N3O4S. The molecular weight excluding hydrogens is 450 g/mol. The van der Waals surface area contributed by atoms with Crippen LogP contribution < -0.4 is 10.6 Å². The lowest BCUT2D eigenvalue weighted by molar-refractivity contribution is -0.120. The van der Waals surface area contributed by atoms with Crippen molar-refractivity contribution < 1.29 is 18.0 Å². The highest BCUT2D eigenvalue weighted by Gasteiger charge is 2.34. The number of hydrogen-bond donors (Lipinski definition) is 2. The Kier molecular flexibility index (Phi) is 6.82. The van der Waals surface area contributed by atoms with Gasteiger partial charge in [-0.3, -0.25) is 9.59 Å². The average molecular weight is 484 g/mol. The van der Waals surface area contributed by atoms with Crippen molar-refractivity contribution >= 4 is 27.5 Å². The number of aryl methyl sites for hydroxylation is 2. The Bertz CT molecular complexity index is 1180. The Hall–Kier alpha value is -2.71. The third-order valence-electron chi connectivity index (χ3n) is 7.05. The molecule has 1 saturated carbocycles. The van der Waals surface area contributed by atoms with Gasteiger partial charge in [0.2, 0.25) is 15.9 Å². The zero-order chi connectivity index (χ0) is 24.6. The van der Waals surface area contributed by atoms with E-state index in [1.807, 2.05) is 33.8 Å². The molecule has 1 aliphatic carbocycles. The van der Waals surface area contributed by atoms with E-state index in [0.29, 0.717) is 48.1 Å². The normalized spacial score (nSPS) is 17.4. The van der Waals surface area contributed by atoms with Gasteiger partial charge in [0, 0.05) is 36.3 Å². The second-order valence-electron chi connectivity index (χ2n) is 9.58. The van der Waals surface area contributed by atoms with Crippen LogP contribution in [0.4, 0.5) is 5.69 Å². The summed E-state index contributed by atoms with van der Waals surface area (Å²) in [4.78, 5) is 25.3. The fourth-order valence-corrected chi connectivity index (χ4v) is 6.55. The van der Waals surface area contributed by atoms with E-state index in [0.717, 1.165) is 35.1 Å². The van der Waals surface area contributed by atoms with Crippen molar-refractivity contribution in [2.45, 2.75) is 64.3 Å². The summed E-state index contributed by atoms with van der Waals surface area (Å²) < 4.78 is 28.4. The van der Waals surface area contributed by atoms with E-state index in [1.165, 1.54) is 4.31 Å². The molecule has 182 valence electrons.